The van der Waals surface area contributed by atoms with Crippen LogP contribution in [0.4, 0.5) is 0 Å². The highest BCUT2D eigenvalue weighted by molar-refractivity contribution is 6.41. The van der Waals surface area contributed by atoms with Crippen molar-refractivity contribution in [1.29, 1.82) is 0 Å². The van der Waals surface area contributed by atoms with Crippen LogP contribution in [0.1, 0.15) is 54.4 Å². The zero-order valence-corrected chi connectivity index (χ0v) is 19.4. The molecular weight excluding hydrogens is 449 g/mol. The molecule has 6 nitrogen and oxygen atoms in total. The van der Waals surface area contributed by atoms with Gasteiger partial charge in [0.1, 0.15) is 5.15 Å². The number of carbonyl (C=O) groups excluding carboxylic acids is 2. The molecule has 0 aliphatic heterocycles. The second kappa shape index (κ2) is 11.6. The average molecular weight is 478 g/mol. The summed E-state index contributed by atoms with van der Waals surface area (Å²) in [6, 6.07) is 10.4. The van der Waals surface area contributed by atoms with Gasteiger partial charge in [0.2, 0.25) is 5.91 Å². The molecule has 2 aromatic rings. The molecule has 3 atom stereocenters. The molecule has 4 N–H and O–H groups in total. The van der Waals surface area contributed by atoms with Gasteiger partial charge in [0.25, 0.3) is 5.91 Å². The third kappa shape index (κ3) is 6.67. The maximum absolute atomic E-state index is 12.9. The maximum Gasteiger partial charge on any atom is 0.253 e. The van der Waals surface area contributed by atoms with Crippen LogP contribution in [0.5, 0.6) is 0 Å². The molecule has 0 bridgehead atoms. The number of halogens is 2. The number of carbonyl (C=O) groups is 2. The van der Waals surface area contributed by atoms with Gasteiger partial charge in [-0.3, -0.25) is 9.59 Å². The smallest absolute Gasteiger partial charge is 0.253 e. The quantitative estimate of drug-likeness (QED) is 0.471. The highest BCUT2D eigenvalue weighted by Crippen LogP contribution is 2.33. The molecule has 1 aromatic heterocycles. The van der Waals surface area contributed by atoms with Crippen molar-refractivity contribution in [3.8, 4) is 0 Å². The van der Waals surface area contributed by atoms with Crippen LogP contribution in [0, 0.1) is 11.8 Å². The molecule has 1 fully saturated rings. The molecule has 0 spiro atoms. The molecular formula is C24H29Cl2N3O3. The molecule has 8 heteroatoms. The molecule has 1 aromatic carbocycles. The van der Waals surface area contributed by atoms with Crippen LogP contribution in [0.2, 0.25) is 10.2 Å². The van der Waals surface area contributed by atoms with Crippen molar-refractivity contribution in [3.63, 3.8) is 0 Å². The Kier molecular flexibility index (Phi) is 8.91. The molecule has 1 aliphatic rings. The molecule has 0 unspecified atom stereocenters. The van der Waals surface area contributed by atoms with Crippen LogP contribution in [-0.4, -0.2) is 34.1 Å². The standard InChI is InChI=1S/C24H29Cl2N3O3/c25-19-12-17(14-28-22(19)26)24(32)29-20(11-15-7-3-1-4-8-15)21(30)13-18(23(27)31)16-9-5-2-6-10-16/h1,3-4,7-8,12,14,16,18,20-21,30H,2,5-6,9-11,13H2,(H2,27,31)(H,29,32)/t18-,20-,21-/m0/s1. The van der Waals surface area contributed by atoms with Crippen molar-refractivity contribution in [1.82, 2.24) is 10.3 Å². The van der Waals surface area contributed by atoms with Gasteiger partial charge in [0.15, 0.2) is 0 Å². The summed E-state index contributed by atoms with van der Waals surface area (Å²) in [5.41, 5.74) is 6.91. The van der Waals surface area contributed by atoms with E-state index < -0.39 is 29.9 Å². The highest BCUT2D eigenvalue weighted by atomic mass is 35.5. The van der Waals surface area contributed by atoms with Gasteiger partial charge in [-0.2, -0.15) is 0 Å². The lowest BCUT2D eigenvalue weighted by atomic mass is 9.76. The van der Waals surface area contributed by atoms with Gasteiger partial charge in [-0.05, 0) is 43.2 Å². The molecule has 1 aliphatic carbocycles. The van der Waals surface area contributed by atoms with E-state index in [0.717, 1.165) is 37.7 Å². The van der Waals surface area contributed by atoms with Gasteiger partial charge in [-0.1, -0.05) is 72.8 Å². The van der Waals surface area contributed by atoms with Crippen molar-refractivity contribution in [2.75, 3.05) is 0 Å². The number of benzene rings is 1. The summed E-state index contributed by atoms with van der Waals surface area (Å²) >= 11 is 11.9. The lowest BCUT2D eigenvalue weighted by Gasteiger charge is -2.32. The fraction of sp³-hybridized carbons (Fsp3) is 0.458. The summed E-state index contributed by atoms with van der Waals surface area (Å²) in [6.07, 6.45) is 6.16. The molecule has 32 heavy (non-hydrogen) atoms. The van der Waals surface area contributed by atoms with Crippen molar-refractivity contribution in [2.24, 2.45) is 17.6 Å². The van der Waals surface area contributed by atoms with Crippen molar-refractivity contribution in [3.05, 3.63) is 63.9 Å². The molecule has 1 heterocycles. The van der Waals surface area contributed by atoms with E-state index in [4.69, 9.17) is 28.9 Å². The third-order valence-corrected chi connectivity index (χ3v) is 6.90. The molecule has 0 radical (unpaired) electrons. The van der Waals surface area contributed by atoms with E-state index in [-0.39, 0.29) is 28.1 Å². The third-order valence-electron chi connectivity index (χ3n) is 6.22. The predicted molar refractivity (Wildman–Crippen MR) is 126 cm³/mol. The molecule has 172 valence electrons. The van der Waals surface area contributed by atoms with Crippen LogP contribution in [0.15, 0.2) is 42.6 Å². The minimum Gasteiger partial charge on any atom is -0.391 e. The predicted octanol–water partition coefficient (Wildman–Crippen LogP) is 4.16. The van der Waals surface area contributed by atoms with E-state index in [1.807, 2.05) is 30.3 Å². The number of aliphatic hydroxyl groups excluding tert-OH is 1. The topological polar surface area (TPSA) is 105 Å². The Bertz CT molecular complexity index is 920. The fourth-order valence-corrected chi connectivity index (χ4v) is 4.72. The minimum atomic E-state index is -0.950. The first-order chi connectivity index (χ1) is 15.3. The second-order valence-electron chi connectivity index (χ2n) is 8.48. The van der Waals surface area contributed by atoms with Crippen LogP contribution >= 0.6 is 23.2 Å². The van der Waals surface area contributed by atoms with Crippen molar-refractivity contribution in [2.45, 2.75) is 57.1 Å². The monoisotopic (exact) mass is 477 g/mol. The highest BCUT2D eigenvalue weighted by Gasteiger charge is 2.33. The zero-order chi connectivity index (χ0) is 23.1. The normalized spacial score (nSPS) is 17.3. The van der Waals surface area contributed by atoms with Crippen LogP contribution in [0.3, 0.4) is 0 Å². The molecule has 3 rings (SSSR count). The average Bonchev–Trinajstić information content (AvgIpc) is 2.79. The molecule has 1 saturated carbocycles. The number of rotatable bonds is 9. The summed E-state index contributed by atoms with van der Waals surface area (Å²) in [4.78, 5) is 29.0. The number of hydrogen-bond donors (Lipinski definition) is 3. The largest absolute Gasteiger partial charge is 0.391 e. The zero-order valence-electron chi connectivity index (χ0n) is 17.8. The number of amides is 2. The minimum absolute atomic E-state index is 0.112. The Hall–Kier alpha value is -2.15. The number of nitrogens with two attached hydrogens (primary N) is 1. The first-order valence-corrected chi connectivity index (χ1v) is 11.7. The van der Waals surface area contributed by atoms with Crippen LogP contribution in [0.25, 0.3) is 0 Å². The van der Waals surface area contributed by atoms with E-state index in [0.29, 0.717) is 6.42 Å². The van der Waals surface area contributed by atoms with Crippen LogP contribution < -0.4 is 11.1 Å². The van der Waals surface area contributed by atoms with Gasteiger partial charge < -0.3 is 16.2 Å². The maximum atomic E-state index is 12.9. The lowest BCUT2D eigenvalue weighted by molar-refractivity contribution is -0.125. The summed E-state index contributed by atoms with van der Waals surface area (Å²) < 4.78 is 0. The first kappa shape index (κ1) is 24.5. The van der Waals surface area contributed by atoms with Gasteiger partial charge in [0, 0.05) is 12.1 Å². The van der Waals surface area contributed by atoms with E-state index in [2.05, 4.69) is 10.3 Å². The number of aromatic nitrogens is 1. The fourth-order valence-electron chi connectivity index (χ4n) is 4.45. The van der Waals surface area contributed by atoms with E-state index >= 15 is 0 Å². The van der Waals surface area contributed by atoms with Crippen molar-refractivity contribution < 1.29 is 14.7 Å². The summed E-state index contributed by atoms with van der Waals surface area (Å²) in [5.74, 6) is -1.07. The Labute approximate surface area is 198 Å². The van der Waals surface area contributed by atoms with E-state index in [9.17, 15) is 14.7 Å². The summed E-state index contributed by atoms with van der Waals surface area (Å²) in [6.45, 7) is 0. The number of pyridine rings is 1. The van der Waals surface area contributed by atoms with Gasteiger partial charge >= 0.3 is 0 Å². The number of nitrogens with one attached hydrogen (secondary N) is 1. The van der Waals surface area contributed by atoms with Gasteiger partial charge in [0.05, 0.1) is 22.7 Å². The Morgan fingerprint density at radius 1 is 1.16 bits per heavy atom. The lowest BCUT2D eigenvalue weighted by Crippen LogP contribution is -2.47. The SMILES string of the molecule is NC(=O)[C@@H](C[C@H](O)[C@H](Cc1ccccc1)NC(=O)c1cnc(Cl)c(Cl)c1)C1CCCCC1. The number of aliphatic hydroxyl groups is 1. The van der Waals surface area contributed by atoms with Crippen LogP contribution in [-0.2, 0) is 11.2 Å². The van der Waals surface area contributed by atoms with E-state index in [1.165, 1.54) is 12.3 Å². The summed E-state index contributed by atoms with van der Waals surface area (Å²) in [5, 5.41) is 14.3. The Morgan fingerprint density at radius 3 is 2.47 bits per heavy atom. The number of nitrogens with zero attached hydrogens (tertiary/aromatic N) is 1. The van der Waals surface area contributed by atoms with Gasteiger partial charge in [-0.25, -0.2) is 4.98 Å². The Balaban J connectivity index is 1.78. The molecule has 2 amide bonds. The second-order valence-corrected chi connectivity index (χ2v) is 9.24. The van der Waals surface area contributed by atoms with Gasteiger partial charge in [-0.15, -0.1) is 0 Å². The number of hydrogen-bond acceptors (Lipinski definition) is 4. The number of primary amides is 1. The van der Waals surface area contributed by atoms with Crippen molar-refractivity contribution >= 4 is 35.0 Å². The molecule has 0 saturated heterocycles. The van der Waals surface area contributed by atoms with E-state index in [1.54, 1.807) is 0 Å². The Morgan fingerprint density at radius 2 is 1.84 bits per heavy atom. The first-order valence-electron chi connectivity index (χ1n) is 11.0. The summed E-state index contributed by atoms with van der Waals surface area (Å²) in [7, 11) is 0.